The van der Waals surface area contributed by atoms with Gasteiger partial charge in [-0.2, -0.15) is 0 Å². The Morgan fingerprint density at radius 2 is 2.12 bits per heavy atom. The highest BCUT2D eigenvalue weighted by Gasteiger charge is 2.18. The first-order valence-corrected chi connectivity index (χ1v) is 7.17. The summed E-state index contributed by atoms with van der Waals surface area (Å²) in [7, 11) is -1.70. The van der Waals surface area contributed by atoms with E-state index in [2.05, 4.69) is 15.0 Å². The van der Waals surface area contributed by atoms with E-state index in [9.17, 15) is 8.42 Å². The monoisotopic (exact) mass is 260 g/mol. The van der Waals surface area contributed by atoms with Gasteiger partial charge in [0.1, 0.15) is 5.82 Å². The van der Waals surface area contributed by atoms with E-state index in [0.717, 1.165) is 18.8 Å². The molecule has 0 saturated heterocycles. The predicted molar refractivity (Wildman–Crippen MR) is 66.4 cm³/mol. The van der Waals surface area contributed by atoms with Crippen LogP contribution in [0.1, 0.15) is 19.2 Å². The molecule has 6 nitrogen and oxygen atoms in total. The number of aromatic nitrogens is 2. The maximum Gasteiger partial charge on any atom is 0.259 e. The first-order valence-electron chi connectivity index (χ1n) is 5.69. The molecule has 0 bridgehead atoms. The lowest BCUT2D eigenvalue weighted by molar-refractivity contribution is 0.576. The summed E-state index contributed by atoms with van der Waals surface area (Å²) in [6.07, 6.45) is 2.53. The van der Waals surface area contributed by atoms with Gasteiger partial charge < -0.3 is 9.88 Å². The number of nitrogens with one attached hydrogen (secondary N) is 2. The van der Waals surface area contributed by atoms with Gasteiger partial charge in [0.05, 0.1) is 0 Å². The second-order valence-corrected chi connectivity index (χ2v) is 5.53. The van der Waals surface area contributed by atoms with E-state index >= 15 is 0 Å². The molecule has 1 aromatic heterocycles. The molecule has 1 aromatic rings. The van der Waals surface area contributed by atoms with Gasteiger partial charge in [-0.3, -0.25) is 0 Å². The van der Waals surface area contributed by atoms with E-state index in [1.54, 1.807) is 13.2 Å². The fraction of sp³-hybridized carbons (Fsp3) is 0.700. The van der Waals surface area contributed by atoms with E-state index in [-0.39, 0.29) is 5.03 Å². The summed E-state index contributed by atoms with van der Waals surface area (Å²) in [5.74, 6) is 0.723. The molecule has 7 heteroatoms. The zero-order valence-corrected chi connectivity index (χ0v) is 11.3. The third-order valence-electron chi connectivity index (χ3n) is 2.36. The van der Waals surface area contributed by atoms with Gasteiger partial charge in [0.2, 0.25) is 0 Å². The minimum Gasteiger partial charge on any atom is -0.334 e. The molecule has 2 N–H and O–H groups in total. The number of likely N-dealkylation sites (N-methyl/N-ethyl adjacent to an activating group) is 1. The van der Waals surface area contributed by atoms with Crippen LogP contribution >= 0.6 is 0 Å². The van der Waals surface area contributed by atoms with Crippen molar-refractivity contribution in [3.8, 4) is 0 Å². The van der Waals surface area contributed by atoms with Gasteiger partial charge >= 0.3 is 0 Å². The molecule has 98 valence electrons. The second kappa shape index (κ2) is 6.13. The minimum absolute atomic E-state index is 0.0968. The van der Waals surface area contributed by atoms with Crippen molar-refractivity contribution in [2.75, 3.05) is 20.1 Å². The molecule has 0 radical (unpaired) electrons. The molecule has 0 spiro atoms. The average Bonchev–Trinajstić information content (AvgIpc) is 2.62. The van der Waals surface area contributed by atoms with Gasteiger partial charge in [-0.15, -0.1) is 0 Å². The number of hydrogen-bond acceptors (Lipinski definition) is 4. The average molecular weight is 260 g/mol. The molecule has 0 saturated carbocycles. The third-order valence-corrected chi connectivity index (χ3v) is 3.69. The van der Waals surface area contributed by atoms with Crippen LogP contribution < -0.4 is 10.0 Å². The molecule has 0 aliphatic heterocycles. The van der Waals surface area contributed by atoms with Crippen LogP contribution in [0, 0.1) is 6.92 Å². The second-order valence-electron chi connectivity index (χ2n) is 3.82. The Morgan fingerprint density at radius 1 is 1.41 bits per heavy atom. The van der Waals surface area contributed by atoms with Gasteiger partial charge in [0, 0.05) is 25.8 Å². The van der Waals surface area contributed by atoms with Crippen LogP contribution in [-0.2, 0) is 16.6 Å². The summed E-state index contributed by atoms with van der Waals surface area (Å²) in [6, 6.07) is 0. The molecule has 0 unspecified atom stereocenters. The summed E-state index contributed by atoms with van der Waals surface area (Å²) in [6.45, 7) is 5.58. The molecule has 0 aromatic carbocycles. The Balaban J connectivity index is 2.80. The lowest BCUT2D eigenvalue weighted by Gasteiger charge is -2.03. The maximum atomic E-state index is 11.9. The summed E-state index contributed by atoms with van der Waals surface area (Å²) < 4.78 is 28.1. The van der Waals surface area contributed by atoms with Crippen molar-refractivity contribution < 1.29 is 8.42 Å². The number of nitrogens with zero attached hydrogens (tertiary/aromatic N) is 2. The topological polar surface area (TPSA) is 76.0 Å². The van der Waals surface area contributed by atoms with Crippen LogP contribution in [0.2, 0.25) is 0 Å². The number of rotatable bonds is 7. The zero-order valence-electron chi connectivity index (χ0n) is 10.5. The highest BCUT2D eigenvalue weighted by Crippen LogP contribution is 2.09. The number of hydrogen-bond donors (Lipinski definition) is 2. The van der Waals surface area contributed by atoms with Gasteiger partial charge in [0.15, 0.2) is 5.03 Å². The first-order chi connectivity index (χ1) is 8.01. The quantitative estimate of drug-likeness (QED) is 0.682. The standard InChI is InChI=1S/C10H20N4O2S/c1-4-7-14-8-10(13-9(14)2)17(15,16)12-6-5-11-3/h8,11-12H,4-7H2,1-3H3. The van der Waals surface area contributed by atoms with Gasteiger partial charge in [-0.1, -0.05) is 6.92 Å². The van der Waals surface area contributed by atoms with Crippen LogP contribution in [0.3, 0.4) is 0 Å². The lowest BCUT2D eigenvalue weighted by atomic mass is 10.5. The smallest absolute Gasteiger partial charge is 0.259 e. The van der Waals surface area contributed by atoms with Gasteiger partial charge in [-0.25, -0.2) is 18.1 Å². The van der Waals surface area contributed by atoms with Crippen LogP contribution in [0.4, 0.5) is 0 Å². The van der Waals surface area contributed by atoms with Gasteiger partial charge in [0.25, 0.3) is 10.0 Å². The molecule has 0 aliphatic carbocycles. The lowest BCUT2D eigenvalue weighted by Crippen LogP contribution is -2.30. The molecular formula is C10H20N4O2S. The number of sulfonamides is 1. The molecule has 0 amide bonds. The summed E-state index contributed by atoms with van der Waals surface area (Å²) in [4.78, 5) is 4.07. The molecule has 0 atom stereocenters. The van der Waals surface area contributed by atoms with E-state index < -0.39 is 10.0 Å². The van der Waals surface area contributed by atoms with Crippen molar-refractivity contribution >= 4 is 10.0 Å². The minimum atomic E-state index is -3.47. The number of imidazole rings is 1. The van der Waals surface area contributed by atoms with E-state index in [4.69, 9.17) is 0 Å². The van der Waals surface area contributed by atoms with Crippen molar-refractivity contribution in [2.45, 2.75) is 31.8 Å². The van der Waals surface area contributed by atoms with Crippen molar-refractivity contribution in [2.24, 2.45) is 0 Å². The predicted octanol–water partition coefficient (Wildman–Crippen LogP) is 0.0992. The van der Waals surface area contributed by atoms with Crippen molar-refractivity contribution in [1.82, 2.24) is 19.6 Å². The Bertz CT molecular complexity index is 453. The Morgan fingerprint density at radius 3 is 2.71 bits per heavy atom. The fourth-order valence-corrected chi connectivity index (χ4v) is 2.50. The largest absolute Gasteiger partial charge is 0.334 e. The Labute approximate surface area is 102 Å². The summed E-state index contributed by atoms with van der Waals surface area (Å²) >= 11 is 0. The molecule has 17 heavy (non-hydrogen) atoms. The Kier molecular flexibility index (Phi) is 5.10. The van der Waals surface area contributed by atoms with Crippen molar-refractivity contribution in [3.63, 3.8) is 0 Å². The SMILES string of the molecule is CCCn1cc(S(=O)(=O)NCCNC)nc1C. The molecule has 0 fully saturated rings. The summed E-state index contributed by atoms with van der Waals surface area (Å²) in [5.41, 5.74) is 0. The summed E-state index contributed by atoms with van der Waals surface area (Å²) in [5, 5.41) is 2.97. The van der Waals surface area contributed by atoms with Crippen LogP contribution in [0.15, 0.2) is 11.2 Å². The fourth-order valence-electron chi connectivity index (χ4n) is 1.46. The molecule has 1 heterocycles. The Hall–Kier alpha value is -0.920. The molecular weight excluding hydrogens is 240 g/mol. The van der Waals surface area contributed by atoms with Crippen LogP contribution in [0.25, 0.3) is 0 Å². The molecule has 1 rings (SSSR count). The van der Waals surface area contributed by atoms with Crippen LogP contribution in [-0.4, -0.2) is 38.1 Å². The zero-order chi connectivity index (χ0) is 12.9. The normalized spacial score (nSPS) is 11.9. The third kappa shape index (κ3) is 3.79. The van der Waals surface area contributed by atoms with Crippen molar-refractivity contribution in [3.05, 3.63) is 12.0 Å². The number of aryl methyl sites for hydroxylation is 2. The highest BCUT2D eigenvalue weighted by molar-refractivity contribution is 7.89. The van der Waals surface area contributed by atoms with Gasteiger partial charge in [-0.05, 0) is 20.4 Å². The van der Waals surface area contributed by atoms with Crippen LogP contribution in [0.5, 0.6) is 0 Å². The van der Waals surface area contributed by atoms with E-state index in [1.807, 2.05) is 18.4 Å². The van der Waals surface area contributed by atoms with E-state index in [1.165, 1.54) is 0 Å². The van der Waals surface area contributed by atoms with E-state index in [0.29, 0.717) is 13.1 Å². The highest BCUT2D eigenvalue weighted by atomic mass is 32.2. The molecule has 0 aliphatic rings. The van der Waals surface area contributed by atoms with Crippen molar-refractivity contribution in [1.29, 1.82) is 0 Å². The first kappa shape index (κ1) is 14.1. The maximum absolute atomic E-state index is 11.9.